The quantitative estimate of drug-likeness (QED) is 0.893. The first-order valence-corrected chi connectivity index (χ1v) is 8.93. The minimum absolute atomic E-state index is 0.106. The van der Waals surface area contributed by atoms with Gasteiger partial charge in [0, 0.05) is 17.1 Å². The van der Waals surface area contributed by atoms with Gasteiger partial charge >= 0.3 is 0 Å². The van der Waals surface area contributed by atoms with Gasteiger partial charge in [0.25, 0.3) is 0 Å². The standard InChI is InChI=1S/C13H16BrFN2O2S/c14-10-1-2-13(11(15)7-10)20(18,19)16-12-8-17-5-3-9(12)4-6-17/h1-2,7,9,12,16H,3-6,8H2. The molecule has 1 aromatic carbocycles. The number of fused-ring (bicyclic) bond motifs is 3. The minimum Gasteiger partial charge on any atom is -0.302 e. The highest BCUT2D eigenvalue weighted by atomic mass is 79.9. The van der Waals surface area contributed by atoms with Crippen LogP contribution in [-0.2, 0) is 10.0 Å². The van der Waals surface area contributed by atoms with Crippen molar-refractivity contribution in [1.82, 2.24) is 9.62 Å². The van der Waals surface area contributed by atoms with E-state index in [4.69, 9.17) is 0 Å². The number of nitrogens with zero attached hydrogens (tertiary/aromatic N) is 1. The number of halogens is 2. The van der Waals surface area contributed by atoms with E-state index in [1.807, 2.05) is 0 Å². The summed E-state index contributed by atoms with van der Waals surface area (Å²) in [6, 6.07) is 3.90. The van der Waals surface area contributed by atoms with E-state index in [0.29, 0.717) is 10.4 Å². The Hall–Kier alpha value is -0.500. The predicted molar refractivity (Wildman–Crippen MR) is 77.4 cm³/mol. The fourth-order valence-corrected chi connectivity index (χ4v) is 4.74. The normalized spacial score (nSPS) is 29.6. The van der Waals surface area contributed by atoms with E-state index in [1.165, 1.54) is 18.2 Å². The van der Waals surface area contributed by atoms with E-state index in [1.54, 1.807) is 0 Å². The van der Waals surface area contributed by atoms with Crippen LogP contribution in [0.1, 0.15) is 12.8 Å². The summed E-state index contributed by atoms with van der Waals surface area (Å²) < 4.78 is 41.7. The molecular weight excluding hydrogens is 347 g/mol. The summed E-state index contributed by atoms with van der Waals surface area (Å²) >= 11 is 3.13. The molecule has 110 valence electrons. The van der Waals surface area contributed by atoms with Crippen LogP contribution in [0.3, 0.4) is 0 Å². The van der Waals surface area contributed by atoms with Gasteiger partial charge in [0.05, 0.1) is 0 Å². The van der Waals surface area contributed by atoms with E-state index in [-0.39, 0.29) is 10.9 Å². The molecule has 3 aliphatic rings. The molecule has 0 aromatic heterocycles. The molecular formula is C13H16BrFN2O2S. The summed E-state index contributed by atoms with van der Waals surface area (Å²) in [6.45, 7) is 2.80. The third kappa shape index (κ3) is 2.77. The molecule has 0 amide bonds. The Labute approximate surface area is 126 Å². The maximum atomic E-state index is 13.8. The Morgan fingerprint density at radius 3 is 2.55 bits per heavy atom. The van der Waals surface area contributed by atoms with Crippen LogP contribution >= 0.6 is 15.9 Å². The van der Waals surface area contributed by atoms with Crippen molar-refractivity contribution in [2.45, 2.75) is 23.8 Å². The van der Waals surface area contributed by atoms with E-state index in [9.17, 15) is 12.8 Å². The third-order valence-corrected chi connectivity index (χ3v) is 6.16. The van der Waals surface area contributed by atoms with Crippen molar-refractivity contribution in [2.75, 3.05) is 19.6 Å². The molecule has 2 bridgehead atoms. The fourth-order valence-electron chi connectivity index (χ4n) is 3.05. The van der Waals surface area contributed by atoms with Crippen molar-refractivity contribution in [3.63, 3.8) is 0 Å². The highest BCUT2D eigenvalue weighted by molar-refractivity contribution is 9.10. The second-order valence-electron chi connectivity index (χ2n) is 5.44. The first-order chi connectivity index (χ1) is 9.45. The molecule has 7 heteroatoms. The number of nitrogens with one attached hydrogen (secondary N) is 1. The second-order valence-corrected chi connectivity index (χ2v) is 8.04. The van der Waals surface area contributed by atoms with Crippen LogP contribution in [-0.4, -0.2) is 39.0 Å². The number of rotatable bonds is 3. The molecule has 0 radical (unpaired) electrons. The van der Waals surface area contributed by atoms with Crippen LogP contribution < -0.4 is 4.72 Å². The Morgan fingerprint density at radius 2 is 2.00 bits per heavy atom. The molecule has 3 aliphatic heterocycles. The highest BCUT2D eigenvalue weighted by Gasteiger charge is 2.37. The van der Waals surface area contributed by atoms with Gasteiger partial charge < -0.3 is 4.90 Å². The van der Waals surface area contributed by atoms with Gasteiger partial charge in [-0.05, 0) is 50.0 Å². The number of piperidine rings is 3. The highest BCUT2D eigenvalue weighted by Crippen LogP contribution is 2.29. The molecule has 3 heterocycles. The average Bonchev–Trinajstić information content (AvgIpc) is 2.39. The molecule has 1 unspecified atom stereocenters. The number of hydrogen-bond acceptors (Lipinski definition) is 3. The zero-order chi connectivity index (χ0) is 14.3. The van der Waals surface area contributed by atoms with Crippen LogP contribution in [0.25, 0.3) is 0 Å². The van der Waals surface area contributed by atoms with Gasteiger partial charge in [-0.15, -0.1) is 0 Å². The number of benzene rings is 1. The Bertz CT molecular complexity index is 615. The van der Waals surface area contributed by atoms with Gasteiger partial charge in [0.2, 0.25) is 10.0 Å². The molecule has 4 nitrogen and oxygen atoms in total. The van der Waals surface area contributed by atoms with Crippen LogP contribution in [0.2, 0.25) is 0 Å². The summed E-state index contributed by atoms with van der Waals surface area (Å²) in [5, 5.41) is 0. The summed E-state index contributed by atoms with van der Waals surface area (Å²) in [7, 11) is -3.80. The maximum absolute atomic E-state index is 13.8. The van der Waals surface area contributed by atoms with Gasteiger partial charge in [0.15, 0.2) is 0 Å². The SMILES string of the molecule is O=S(=O)(NC1CN2CCC1CC2)c1ccc(Br)cc1F. The molecule has 0 saturated carbocycles. The topological polar surface area (TPSA) is 49.4 Å². The van der Waals surface area contributed by atoms with Crippen LogP contribution in [0, 0.1) is 11.7 Å². The molecule has 3 fully saturated rings. The third-order valence-electron chi connectivity index (χ3n) is 4.15. The fraction of sp³-hybridized carbons (Fsp3) is 0.538. The van der Waals surface area contributed by atoms with Crippen molar-refractivity contribution >= 4 is 26.0 Å². The zero-order valence-electron chi connectivity index (χ0n) is 10.9. The summed E-state index contributed by atoms with van der Waals surface area (Å²) in [5.41, 5.74) is 0. The van der Waals surface area contributed by atoms with E-state index >= 15 is 0 Å². The molecule has 3 saturated heterocycles. The summed E-state index contributed by atoms with van der Waals surface area (Å²) in [5.74, 6) is -0.360. The Morgan fingerprint density at radius 1 is 1.30 bits per heavy atom. The monoisotopic (exact) mass is 362 g/mol. The van der Waals surface area contributed by atoms with Crippen LogP contribution in [0.5, 0.6) is 0 Å². The van der Waals surface area contributed by atoms with Crippen molar-refractivity contribution in [1.29, 1.82) is 0 Å². The zero-order valence-corrected chi connectivity index (χ0v) is 13.3. The lowest BCUT2D eigenvalue weighted by Gasteiger charge is -2.44. The van der Waals surface area contributed by atoms with Gasteiger partial charge in [0.1, 0.15) is 10.7 Å². The number of sulfonamides is 1. The van der Waals surface area contributed by atoms with Gasteiger partial charge in [-0.3, -0.25) is 0 Å². The smallest absolute Gasteiger partial charge is 0.243 e. The molecule has 20 heavy (non-hydrogen) atoms. The lowest BCUT2D eigenvalue weighted by Crippen LogP contribution is -2.57. The van der Waals surface area contributed by atoms with E-state index in [0.717, 1.165) is 32.5 Å². The van der Waals surface area contributed by atoms with E-state index in [2.05, 4.69) is 25.6 Å². The molecule has 4 rings (SSSR count). The lowest BCUT2D eigenvalue weighted by molar-refractivity contribution is 0.0827. The first-order valence-electron chi connectivity index (χ1n) is 6.65. The van der Waals surface area contributed by atoms with Crippen LogP contribution in [0.15, 0.2) is 27.6 Å². The summed E-state index contributed by atoms with van der Waals surface area (Å²) in [6.07, 6.45) is 2.02. The van der Waals surface area contributed by atoms with Crippen LogP contribution in [0.4, 0.5) is 4.39 Å². The first kappa shape index (κ1) is 14.4. The molecule has 0 aliphatic carbocycles. The Balaban J connectivity index is 1.82. The van der Waals surface area contributed by atoms with E-state index < -0.39 is 15.8 Å². The minimum atomic E-state index is -3.80. The maximum Gasteiger partial charge on any atom is 0.243 e. The van der Waals surface area contributed by atoms with Gasteiger partial charge in [-0.2, -0.15) is 0 Å². The number of hydrogen-bond donors (Lipinski definition) is 1. The summed E-state index contributed by atoms with van der Waals surface area (Å²) in [4.78, 5) is 1.97. The van der Waals surface area contributed by atoms with Gasteiger partial charge in [-0.1, -0.05) is 15.9 Å². The molecule has 1 aromatic rings. The predicted octanol–water partition coefficient (Wildman–Crippen LogP) is 1.96. The average molecular weight is 363 g/mol. The van der Waals surface area contributed by atoms with Gasteiger partial charge in [-0.25, -0.2) is 17.5 Å². The molecule has 1 atom stereocenters. The lowest BCUT2D eigenvalue weighted by atomic mass is 9.85. The van der Waals surface area contributed by atoms with Crippen molar-refractivity contribution in [2.24, 2.45) is 5.92 Å². The largest absolute Gasteiger partial charge is 0.302 e. The van der Waals surface area contributed by atoms with Crippen molar-refractivity contribution in [3.05, 3.63) is 28.5 Å². The van der Waals surface area contributed by atoms with Crippen molar-refractivity contribution < 1.29 is 12.8 Å². The second kappa shape index (κ2) is 5.36. The Kier molecular flexibility index (Phi) is 3.87. The molecule has 1 N–H and O–H groups in total. The van der Waals surface area contributed by atoms with Crippen molar-refractivity contribution in [3.8, 4) is 0 Å². The molecule has 0 spiro atoms.